The van der Waals surface area contributed by atoms with Crippen LogP contribution in [0, 0.1) is 5.82 Å². The minimum atomic E-state index is -0.433. The third kappa shape index (κ3) is 3.00. The van der Waals surface area contributed by atoms with E-state index in [2.05, 4.69) is 0 Å². The van der Waals surface area contributed by atoms with Crippen LogP contribution >= 0.6 is 11.6 Å². The normalized spacial score (nSPS) is 19.9. The van der Waals surface area contributed by atoms with Gasteiger partial charge in [-0.3, -0.25) is 4.79 Å². The Morgan fingerprint density at radius 3 is 3.06 bits per heavy atom. The Balaban J connectivity index is 2.07. The van der Waals surface area contributed by atoms with Crippen molar-refractivity contribution in [2.75, 3.05) is 19.7 Å². The topological polar surface area (TPSA) is 29.5 Å². The minimum Gasteiger partial charge on any atom is -0.375 e. The second-order valence-electron chi connectivity index (χ2n) is 4.40. The van der Waals surface area contributed by atoms with E-state index in [0.29, 0.717) is 24.7 Å². The van der Waals surface area contributed by atoms with E-state index in [0.717, 1.165) is 0 Å². The number of carbonyl (C=O) groups is 1. The number of amides is 1. The van der Waals surface area contributed by atoms with Gasteiger partial charge in [-0.1, -0.05) is 17.7 Å². The zero-order valence-electron chi connectivity index (χ0n) is 10.2. The SMILES string of the molecule is CC1CN(C(=O)Cc2c(F)cccc2Cl)CCO1. The molecule has 1 saturated heterocycles. The molecule has 1 unspecified atom stereocenters. The highest BCUT2D eigenvalue weighted by Gasteiger charge is 2.22. The number of nitrogens with zero attached hydrogens (tertiary/aromatic N) is 1. The molecule has 98 valence electrons. The summed E-state index contributed by atoms with van der Waals surface area (Å²) in [6.07, 6.45) is 0.0249. The van der Waals surface area contributed by atoms with Gasteiger partial charge in [-0.15, -0.1) is 0 Å². The van der Waals surface area contributed by atoms with Crippen LogP contribution in [0.2, 0.25) is 5.02 Å². The lowest BCUT2D eigenvalue weighted by molar-refractivity contribution is -0.137. The molecule has 0 N–H and O–H groups in total. The van der Waals surface area contributed by atoms with Gasteiger partial charge in [0.2, 0.25) is 5.91 Å². The van der Waals surface area contributed by atoms with Gasteiger partial charge in [0.25, 0.3) is 0 Å². The van der Waals surface area contributed by atoms with Crippen molar-refractivity contribution in [3.05, 3.63) is 34.6 Å². The van der Waals surface area contributed by atoms with Crippen LogP contribution in [0.25, 0.3) is 0 Å². The van der Waals surface area contributed by atoms with Gasteiger partial charge in [0.15, 0.2) is 0 Å². The molecule has 3 nitrogen and oxygen atoms in total. The van der Waals surface area contributed by atoms with Crippen molar-refractivity contribution in [3.8, 4) is 0 Å². The number of morpholine rings is 1. The Morgan fingerprint density at radius 1 is 1.61 bits per heavy atom. The Hall–Kier alpha value is -1.13. The van der Waals surface area contributed by atoms with Gasteiger partial charge < -0.3 is 9.64 Å². The Bertz CT molecular complexity index is 432. The van der Waals surface area contributed by atoms with Crippen LogP contribution in [0.4, 0.5) is 4.39 Å². The number of hydrogen-bond acceptors (Lipinski definition) is 2. The Morgan fingerprint density at radius 2 is 2.39 bits per heavy atom. The highest BCUT2D eigenvalue weighted by atomic mass is 35.5. The first kappa shape index (κ1) is 13.3. The minimum absolute atomic E-state index is 0.00176. The first-order valence-electron chi connectivity index (χ1n) is 5.90. The fourth-order valence-corrected chi connectivity index (χ4v) is 2.24. The third-order valence-electron chi connectivity index (χ3n) is 2.98. The van der Waals surface area contributed by atoms with Crippen molar-refractivity contribution >= 4 is 17.5 Å². The van der Waals surface area contributed by atoms with E-state index in [1.807, 2.05) is 6.92 Å². The highest BCUT2D eigenvalue weighted by Crippen LogP contribution is 2.20. The number of carbonyl (C=O) groups excluding carboxylic acids is 1. The number of halogens is 2. The highest BCUT2D eigenvalue weighted by molar-refractivity contribution is 6.31. The first-order chi connectivity index (χ1) is 8.58. The molecule has 0 spiro atoms. The maximum absolute atomic E-state index is 13.6. The van der Waals surface area contributed by atoms with Crippen molar-refractivity contribution in [1.82, 2.24) is 4.90 Å². The van der Waals surface area contributed by atoms with Crippen molar-refractivity contribution in [2.45, 2.75) is 19.4 Å². The molecule has 0 bridgehead atoms. The molecule has 1 amide bonds. The van der Waals surface area contributed by atoms with E-state index in [9.17, 15) is 9.18 Å². The second kappa shape index (κ2) is 5.67. The van der Waals surface area contributed by atoms with Crippen LogP contribution in [0.5, 0.6) is 0 Å². The van der Waals surface area contributed by atoms with Gasteiger partial charge in [0, 0.05) is 23.7 Å². The monoisotopic (exact) mass is 271 g/mol. The molecule has 1 aliphatic rings. The Kier molecular flexibility index (Phi) is 4.19. The summed E-state index contributed by atoms with van der Waals surface area (Å²) in [6, 6.07) is 4.44. The molecular formula is C13H15ClFNO2. The number of ether oxygens (including phenoxy) is 1. The number of rotatable bonds is 2. The molecular weight excluding hydrogens is 257 g/mol. The zero-order chi connectivity index (χ0) is 13.1. The molecule has 1 atom stereocenters. The summed E-state index contributed by atoms with van der Waals surface area (Å²) in [7, 11) is 0. The smallest absolute Gasteiger partial charge is 0.227 e. The first-order valence-corrected chi connectivity index (χ1v) is 6.28. The van der Waals surface area contributed by atoms with Gasteiger partial charge >= 0.3 is 0 Å². The Labute approximate surface area is 110 Å². The molecule has 0 radical (unpaired) electrons. The summed E-state index contributed by atoms with van der Waals surface area (Å²) in [4.78, 5) is 13.8. The summed E-state index contributed by atoms with van der Waals surface area (Å²) in [5.74, 6) is -0.547. The van der Waals surface area contributed by atoms with Crippen LogP contribution in [-0.4, -0.2) is 36.6 Å². The summed E-state index contributed by atoms with van der Waals surface area (Å²) >= 11 is 5.91. The van der Waals surface area contributed by atoms with Crippen molar-refractivity contribution in [1.29, 1.82) is 0 Å². The second-order valence-corrected chi connectivity index (χ2v) is 4.81. The molecule has 1 fully saturated rings. The van der Waals surface area contributed by atoms with Crippen LogP contribution < -0.4 is 0 Å². The third-order valence-corrected chi connectivity index (χ3v) is 3.34. The van der Waals surface area contributed by atoms with E-state index in [-0.39, 0.29) is 24.0 Å². The van der Waals surface area contributed by atoms with Gasteiger partial charge in [0.05, 0.1) is 19.1 Å². The molecule has 0 saturated carbocycles. The molecule has 1 aromatic rings. The van der Waals surface area contributed by atoms with E-state index < -0.39 is 5.82 Å². The average molecular weight is 272 g/mol. The number of hydrogen-bond donors (Lipinski definition) is 0. The molecule has 0 aromatic heterocycles. The molecule has 0 aliphatic carbocycles. The zero-order valence-corrected chi connectivity index (χ0v) is 10.9. The van der Waals surface area contributed by atoms with E-state index in [4.69, 9.17) is 16.3 Å². The molecule has 2 rings (SSSR count). The number of benzene rings is 1. The van der Waals surface area contributed by atoms with Crippen molar-refractivity contribution in [2.24, 2.45) is 0 Å². The van der Waals surface area contributed by atoms with Crippen LogP contribution in [-0.2, 0) is 16.0 Å². The van der Waals surface area contributed by atoms with E-state index in [1.54, 1.807) is 11.0 Å². The molecule has 5 heteroatoms. The van der Waals surface area contributed by atoms with Crippen LogP contribution in [0.15, 0.2) is 18.2 Å². The molecule has 18 heavy (non-hydrogen) atoms. The van der Waals surface area contributed by atoms with Gasteiger partial charge in [-0.25, -0.2) is 4.39 Å². The summed E-state index contributed by atoms with van der Waals surface area (Å²) in [6.45, 7) is 3.54. The molecule has 1 aliphatic heterocycles. The quantitative estimate of drug-likeness (QED) is 0.826. The van der Waals surface area contributed by atoms with Gasteiger partial charge in [0.1, 0.15) is 5.82 Å². The van der Waals surface area contributed by atoms with Crippen molar-refractivity contribution in [3.63, 3.8) is 0 Å². The lowest BCUT2D eigenvalue weighted by Crippen LogP contribution is -2.45. The molecule has 1 aromatic carbocycles. The summed E-state index contributed by atoms with van der Waals surface area (Å²) in [5.41, 5.74) is 0.267. The summed E-state index contributed by atoms with van der Waals surface area (Å²) in [5, 5.41) is 0.296. The van der Waals surface area contributed by atoms with Gasteiger partial charge in [-0.2, -0.15) is 0 Å². The molecule has 1 heterocycles. The van der Waals surface area contributed by atoms with Gasteiger partial charge in [-0.05, 0) is 19.1 Å². The van der Waals surface area contributed by atoms with Crippen LogP contribution in [0.1, 0.15) is 12.5 Å². The lowest BCUT2D eigenvalue weighted by atomic mass is 10.1. The summed E-state index contributed by atoms with van der Waals surface area (Å²) < 4.78 is 18.9. The standard InChI is InChI=1S/C13H15ClFNO2/c1-9-8-16(5-6-18-9)13(17)7-10-11(14)3-2-4-12(10)15/h2-4,9H,5-8H2,1H3. The maximum Gasteiger partial charge on any atom is 0.227 e. The van der Waals surface area contributed by atoms with Crippen LogP contribution in [0.3, 0.4) is 0 Å². The van der Waals surface area contributed by atoms with E-state index in [1.165, 1.54) is 12.1 Å². The average Bonchev–Trinajstić information content (AvgIpc) is 2.34. The lowest BCUT2D eigenvalue weighted by Gasteiger charge is -2.31. The fraction of sp³-hybridized carbons (Fsp3) is 0.462. The van der Waals surface area contributed by atoms with E-state index >= 15 is 0 Å². The predicted octanol–water partition coefficient (Wildman–Crippen LogP) is 2.27. The fourth-order valence-electron chi connectivity index (χ4n) is 2.01. The maximum atomic E-state index is 13.6. The predicted molar refractivity (Wildman–Crippen MR) is 67.1 cm³/mol. The largest absolute Gasteiger partial charge is 0.375 e. The van der Waals surface area contributed by atoms with Crippen molar-refractivity contribution < 1.29 is 13.9 Å².